The van der Waals surface area contributed by atoms with E-state index in [1.165, 1.54) is 25.7 Å². The van der Waals surface area contributed by atoms with Gasteiger partial charge in [0, 0.05) is 18.6 Å². The van der Waals surface area contributed by atoms with Crippen LogP contribution in [0.3, 0.4) is 0 Å². The Morgan fingerprint density at radius 1 is 1.20 bits per heavy atom. The van der Waals surface area contributed by atoms with Crippen molar-refractivity contribution in [1.82, 2.24) is 5.32 Å². The first-order valence-electron chi connectivity index (χ1n) is 6.17. The Balaban J connectivity index is 1.83. The third kappa shape index (κ3) is 2.52. The summed E-state index contributed by atoms with van der Waals surface area (Å²) in [5.74, 6) is 0.844. The monoisotopic (exact) mass is 213 g/mol. The van der Waals surface area contributed by atoms with Gasteiger partial charge in [-0.05, 0) is 45.2 Å². The van der Waals surface area contributed by atoms with Crippen molar-refractivity contribution in [2.24, 2.45) is 11.3 Å². The van der Waals surface area contributed by atoms with Crippen LogP contribution in [0.5, 0.6) is 0 Å². The molecule has 0 aromatic rings. The van der Waals surface area contributed by atoms with Crippen molar-refractivity contribution in [2.75, 3.05) is 40.0 Å². The van der Waals surface area contributed by atoms with Crippen LogP contribution in [0.1, 0.15) is 25.7 Å². The van der Waals surface area contributed by atoms with Gasteiger partial charge in [-0.2, -0.15) is 0 Å². The highest BCUT2D eigenvalue weighted by molar-refractivity contribution is 4.92. The highest BCUT2D eigenvalue weighted by Crippen LogP contribution is 2.44. The van der Waals surface area contributed by atoms with E-state index in [4.69, 9.17) is 9.47 Å². The molecule has 88 valence electrons. The first-order chi connectivity index (χ1) is 7.37. The van der Waals surface area contributed by atoms with Gasteiger partial charge >= 0.3 is 0 Å². The third-order valence-electron chi connectivity index (χ3n) is 3.97. The Labute approximate surface area is 92.5 Å². The molecule has 15 heavy (non-hydrogen) atoms. The average molecular weight is 213 g/mol. The van der Waals surface area contributed by atoms with Crippen LogP contribution in [-0.2, 0) is 9.47 Å². The summed E-state index contributed by atoms with van der Waals surface area (Å²) in [6, 6.07) is 0. The van der Waals surface area contributed by atoms with Crippen LogP contribution in [-0.4, -0.2) is 40.0 Å². The first kappa shape index (κ1) is 11.4. The van der Waals surface area contributed by atoms with Crippen molar-refractivity contribution in [2.45, 2.75) is 25.7 Å². The molecule has 3 nitrogen and oxygen atoms in total. The highest BCUT2D eigenvalue weighted by Gasteiger charge is 2.44. The number of hydrogen-bond donors (Lipinski definition) is 1. The van der Waals surface area contributed by atoms with Gasteiger partial charge in [0.1, 0.15) is 0 Å². The van der Waals surface area contributed by atoms with Crippen LogP contribution in [0.2, 0.25) is 0 Å². The molecule has 0 unspecified atom stereocenters. The largest absolute Gasteiger partial charge is 0.381 e. The van der Waals surface area contributed by atoms with Gasteiger partial charge in [0.2, 0.25) is 0 Å². The van der Waals surface area contributed by atoms with Crippen molar-refractivity contribution in [3.63, 3.8) is 0 Å². The van der Waals surface area contributed by atoms with Gasteiger partial charge in [0.25, 0.3) is 0 Å². The molecule has 0 aromatic carbocycles. The third-order valence-corrected chi connectivity index (χ3v) is 3.97. The summed E-state index contributed by atoms with van der Waals surface area (Å²) >= 11 is 0. The van der Waals surface area contributed by atoms with Gasteiger partial charge in [-0.3, -0.25) is 0 Å². The molecule has 0 aliphatic carbocycles. The summed E-state index contributed by atoms with van der Waals surface area (Å²) < 4.78 is 10.9. The summed E-state index contributed by atoms with van der Waals surface area (Å²) in [5.41, 5.74) is 0.501. The second-order valence-corrected chi connectivity index (χ2v) is 4.95. The van der Waals surface area contributed by atoms with Crippen LogP contribution >= 0.6 is 0 Å². The molecule has 3 heteroatoms. The summed E-state index contributed by atoms with van der Waals surface area (Å²) in [4.78, 5) is 0. The Kier molecular flexibility index (Phi) is 4.00. The minimum atomic E-state index is 0.501. The Bertz CT molecular complexity index is 186. The van der Waals surface area contributed by atoms with E-state index in [2.05, 4.69) is 5.32 Å². The Morgan fingerprint density at radius 3 is 2.47 bits per heavy atom. The SMILES string of the molecule is CNCCCC1(C2CCOCC2)COC1. The molecule has 2 heterocycles. The molecule has 2 aliphatic heterocycles. The second-order valence-electron chi connectivity index (χ2n) is 4.95. The lowest BCUT2D eigenvalue weighted by Gasteiger charge is -2.49. The quantitative estimate of drug-likeness (QED) is 0.701. The summed E-state index contributed by atoms with van der Waals surface area (Å²) in [6.07, 6.45) is 5.07. The number of hydrogen-bond acceptors (Lipinski definition) is 3. The zero-order valence-electron chi connectivity index (χ0n) is 9.76. The van der Waals surface area contributed by atoms with Crippen molar-refractivity contribution < 1.29 is 9.47 Å². The maximum Gasteiger partial charge on any atom is 0.0547 e. The molecule has 0 amide bonds. The maximum atomic E-state index is 5.46. The second kappa shape index (κ2) is 5.28. The molecule has 2 fully saturated rings. The van der Waals surface area contributed by atoms with Crippen molar-refractivity contribution >= 4 is 0 Å². The first-order valence-corrected chi connectivity index (χ1v) is 6.17. The Hall–Kier alpha value is -0.120. The molecule has 0 radical (unpaired) electrons. The van der Waals surface area contributed by atoms with E-state index in [9.17, 15) is 0 Å². The number of nitrogens with one attached hydrogen (secondary N) is 1. The van der Waals surface area contributed by atoms with Crippen LogP contribution in [0, 0.1) is 11.3 Å². The lowest BCUT2D eigenvalue weighted by Crippen LogP contribution is -2.50. The van der Waals surface area contributed by atoms with E-state index >= 15 is 0 Å². The van der Waals surface area contributed by atoms with Gasteiger partial charge < -0.3 is 14.8 Å². The summed E-state index contributed by atoms with van der Waals surface area (Å²) in [6.45, 7) is 5.02. The van der Waals surface area contributed by atoms with E-state index in [0.717, 1.165) is 38.9 Å². The molecule has 2 aliphatic rings. The van der Waals surface area contributed by atoms with E-state index in [0.29, 0.717) is 5.41 Å². The fraction of sp³-hybridized carbons (Fsp3) is 1.00. The minimum absolute atomic E-state index is 0.501. The van der Waals surface area contributed by atoms with Crippen molar-refractivity contribution in [3.8, 4) is 0 Å². The molecular weight excluding hydrogens is 190 g/mol. The maximum absolute atomic E-state index is 5.46. The van der Waals surface area contributed by atoms with Gasteiger partial charge in [-0.1, -0.05) is 0 Å². The van der Waals surface area contributed by atoms with Crippen LogP contribution in [0.4, 0.5) is 0 Å². The fourth-order valence-electron chi connectivity index (χ4n) is 2.88. The summed E-state index contributed by atoms with van der Waals surface area (Å²) in [5, 5.41) is 3.23. The highest BCUT2D eigenvalue weighted by atomic mass is 16.5. The normalized spacial score (nSPS) is 26.2. The zero-order valence-corrected chi connectivity index (χ0v) is 9.76. The van der Waals surface area contributed by atoms with E-state index < -0.39 is 0 Å². The molecule has 2 saturated heterocycles. The predicted molar refractivity (Wildman–Crippen MR) is 60.0 cm³/mol. The lowest BCUT2D eigenvalue weighted by atomic mass is 9.67. The van der Waals surface area contributed by atoms with Crippen molar-refractivity contribution in [3.05, 3.63) is 0 Å². The smallest absolute Gasteiger partial charge is 0.0547 e. The molecule has 0 aromatic heterocycles. The fourth-order valence-corrected chi connectivity index (χ4v) is 2.88. The molecule has 0 spiro atoms. The Morgan fingerprint density at radius 2 is 1.93 bits per heavy atom. The standard InChI is InChI=1S/C12H23NO2/c1-13-6-2-5-12(9-15-10-12)11-3-7-14-8-4-11/h11,13H,2-10H2,1H3. The van der Waals surface area contributed by atoms with Crippen LogP contribution < -0.4 is 5.32 Å². The topological polar surface area (TPSA) is 30.5 Å². The van der Waals surface area contributed by atoms with Gasteiger partial charge in [-0.25, -0.2) is 0 Å². The number of ether oxygens (including phenoxy) is 2. The molecule has 0 saturated carbocycles. The van der Waals surface area contributed by atoms with E-state index in [-0.39, 0.29) is 0 Å². The van der Waals surface area contributed by atoms with Gasteiger partial charge in [0.15, 0.2) is 0 Å². The van der Waals surface area contributed by atoms with Gasteiger partial charge in [-0.15, -0.1) is 0 Å². The molecule has 0 bridgehead atoms. The molecular formula is C12H23NO2. The van der Waals surface area contributed by atoms with Crippen LogP contribution in [0.25, 0.3) is 0 Å². The zero-order chi connectivity index (χ0) is 10.6. The van der Waals surface area contributed by atoms with E-state index in [1.54, 1.807) is 0 Å². The van der Waals surface area contributed by atoms with Crippen LogP contribution in [0.15, 0.2) is 0 Å². The van der Waals surface area contributed by atoms with Gasteiger partial charge in [0.05, 0.1) is 13.2 Å². The average Bonchev–Trinajstić information content (AvgIpc) is 2.23. The molecule has 2 rings (SSSR count). The molecule has 0 atom stereocenters. The predicted octanol–water partition coefficient (Wildman–Crippen LogP) is 1.43. The molecule has 1 N–H and O–H groups in total. The van der Waals surface area contributed by atoms with E-state index in [1.807, 2.05) is 7.05 Å². The van der Waals surface area contributed by atoms with Crippen molar-refractivity contribution in [1.29, 1.82) is 0 Å². The lowest BCUT2D eigenvalue weighted by molar-refractivity contribution is -0.167. The summed E-state index contributed by atoms with van der Waals surface area (Å²) in [7, 11) is 2.03. The number of rotatable bonds is 5. The minimum Gasteiger partial charge on any atom is -0.381 e.